The van der Waals surface area contributed by atoms with E-state index in [1.54, 1.807) is 72.0 Å². The lowest BCUT2D eigenvalue weighted by molar-refractivity contribution is 0.0634. The van der Waals surface area contributed by atoms with Crippen molar-refractivity contribution in [3.8, 4) is 0 Å². The van der Waals surface area contributed by atoms with Gasteiger partial charge < -0.3 is 15.6 Å². The van der Waals surface area contributed by atoms with E-state index >= 15 is 0 Å². The first-order valence-electron chi connectivity index (χ1n) is 26.2. The quantitative estimate of drug-likeness (QED) is 0.103. The smallest absolute Gasteiger partial charge is 0.412 e. The first-order chi connectivity index (χ1) is 41.2. The normalized spacial score (nSPS) is 11.1. The zero-order chi connectivity index (χ0) is 61.0. The van der Waals surface area contributed by atoms with E-state index in [9.17, 15) is 35.2 Å². The molecule has 0 aliphatic carbocycles. The monoisotopic (exact) mass is 1320 g/mol. The van der Waals surface area contributed by atoms with Gasteiger partial charge in [-0.2, -0.15) is 0 Å². The Kier molecular flexibility index (Phi) is 21.6. The molecule has 0 fully saturated rings. The van der Waals surface area contributed by atoms with Crippen molar-refractivity contribution >= 4 is 172 Å². The minimum Gasteiger partial charge on any atom is -0.477 e. The number of sulfonamides is 2. The molecule has 0 saturated carbocycles. The predicted octanol–water partition coefficient (Wildman–Crippen LogP) is 19.0. The fraction of sp³-hybridized carbons (Fsp3) is 0.0769. The van der Waals surface area contributed by atoms with Crippen LogP contribution in [0.2, 0.25) is 0 Å². The number of carboxylic acids is 1. The Morgan fingerprint density at radius 1 is 0.517 bits per heavy atom. The molecule has 5 heterocycles. The van der Waals surface area contributed by atoms with E-state index in [4.69, 9.17) is 15.6 Å². The Labute approximate surface area is 527 Å². The van der Waals surface area contributed by atoms with E-state index in [0.29, 0.717) is 20.4 Å². The molecule has 13 aromatic rings. The van der Waals surface area contributed by atoms with Crippen LogP contribution in [0, 0.1) is 11.6 Å². The summed E-state index contributed by atoms with van der Waals surface area (Å²) in [6, 6.07) is 68.4. The van der Waals surface area contributed by atoms with Crippen LogP contribution in [-0.2, 0) is 31.3 Å². The van der Waals surface area contributed by atoms with E-state index in [1.165, 1.54) is 77.9 Å². The molecule has 5 aromatic heterocycles. The van der Waals surface area contributed by atoms with Crippen LogP contribution in [0.5, 0.6) is 0 Å². The number of hydrogen-bond acceptors (Lipinski definition) is 13. The highest BCUT2D eigenvalue weighted by Gasteiger charge is 2.27. The molecular formula is C65H55ClF2N4O8S7. The summed E-state index contributed by atoms with van der Waals surface area (Å²) >= 11 is 7.24. The van der Waals surface area contributed by atoms with Gasteiger partial charge in [-0.1, -0.05) is 133 Å². The molecule has 0 aliphatic heterocycles. The van der Waals surface area contributed by atoms with Crippen molar-refractivity contribution in [1.29, 1.82) is 0 Å². The Hall–Kier alpha value is -8.25. The largest absolute Gasteiger partial charge is 0.477 e. The number of nitrogen functional groups attached to an aromatic ring is 1. The summed E-state index contributed by atoms with van der Waals surface area (Å²) in [6.07, 6.45) is -0.413. The molecule has 5 N–H and O–H groups in total. The SMILES string of the molecule is CC(C)(C)OC(=O)Nc1cc2ccccc2s1.Cl.Nc1cc2ccccc2s1.O=C(O)c1cc2ccccc2s1.O=S(=O)(Nc1cc2ccccc2s1)c1ccccc1.O=S(=O)(c1ccccc1)N(Cc1ccc(F)c(F)c1)c1cc2ccccc2s1. The lowest BCUT2D eigenvalue weighted by Gasteiger charge is -2.23. The Morgan fingerprint density at radius 2 is 0.954 bits per heavy atom. The number of halogens is 3. The van der Waals surface area contributed by atoms with Crippen LogP contribution >= 0.6 is 69.1 Å². The minimum absolute atomic E-state index is 0. The number of nitrogens with zero attached hydrogens (tertiary/aromatic N) is 1. The Morgan fingerprint density at radius 3 is 1.44 bits per heavy atom. The number of fused-ring (bicyclic) bond motifs is 5. The van der Waals surface area contributed by atoms with Gasteiger partial charge >= 0.3 is 12.1 Å². The maximum Gasteiger partial charge on any atom is 0.412 e. The molecule has 87 heavy (non-hydrogen) atoms. The number of nitrogens with two attached hydrogens (primary N) is 1. The molecule has 446 valence electrons. The number of aromatic carboxylic acids is 1. The molecule has 0 unspecified atom stereocenters. The number of nitrogens with one attached hydrogen (secondary N) is 2. The van der Waals surface area contributed by atoms with Crippen LogP contribution < -0.4 is 20.1 Å². The van der Waals surface area contributed by atoms with Crippen LogP contribution in [0.1, 0.15) is 36.0 Å². The van der Waals surface area contributed by atoms with Gasteiger partial charge in [-0.25, -0.2) is 35.2 Å². The average molecular weight is 1320 g/mol. The lowest BCUT2D eigenvalue weighted by Crippen LogP contribution is -2.30. The summed E-state index contributed by atoms with van der Waals surface area (Å²) < 4.78 is 92.5. The van der Waals surface area contributed by atoms with Gasteiger partial charge in [0, 0.05) is 23.5 Å². The van der Waals surface area contributed by atoms with Crippen molar-refractivity contribution in [2.24, 2.45) is 0 Å². The summed E-state index contributed by atoms with van der Waals surface area (Å²) in [6.45, 7) is 5.42. The average Bonchev–Trinajstić information content (AvgIpc) is 2.13. The molecule has 22 heteroatoms. The predicted molar refractivity (Wildman–Crippen MR) is 361 cm³/mol. The second-order valence-corrected chi connectivity index (χ2v) is 28.7. The maximum atomic E-state index is 13.7. The van der Waals surface area contributed by atoms with Crippen LogP contribution in [-0.4, -0.2) is 39.6 Å². The molecule has 1 amide bonds. The molecule has 0 bridgehead atoms. The molecule has 0 aliphatic rings. The molecular weight excluding hydrogens is 1260 g/mol. The number of thiophene rings is 5. The first-order valence-corrected chi connectivity index (χ1v) is 33.2. The molecule has 8 aromatic carbocycles. The van der Waals surface area contributed by atoms with Crippen molar-refractivity contribution in [1.82, 2.24) is 0 Å². The topological polar surface area (TPSA) is 185 Å². The summed E-state index contributed by atoms with van der Waals surface area (Å²) in [5.41, 5.74) is 5.49. The number of carbonyl (C=O) groups is 2. The van der Waals surface area contributed by atoms with Crippen molar-refractivity contribution in [2.75, 3.05) is 20.1 Å². The van der Waals surface area contributed by atoms with Gasteiger partial charge in [-0.05, 0) is 150 Å². The minimum atomic E-state index is -3.90. The van der Waals surface area contributed by atoms with Crippen LogP contribution in [0.4, 0.5) is 33.6 Å². The first kappa shape index (κ1) is 64.7. The summed E-state index contributed by atoms with van der Waals surface area (Å²) in [4.78, 5) is 23.0. The van der Waals surface area contributed by atoms with Crippen molar-refractivity contribution in [3.05, 3.63) is 253 Å². The number of benzene rings is 8. The Balaban J connectivity index is 0.000000147. The highest BCUT2D eigenvalue weighted by molar-refractivity contribution is 7.93. The van der Waals surface area contributed by atoms with Crippen LogP contribution in [0.15, 0.2) is 240 Å². The van der Waals surface area contributed by atoms with E-state index in [-0.39, 0.29) is 28.7 Å². The van der Waals surface area contributed by atoms with Crippen molar-refractivity contribution < 1.29 is 45.0 Å². The highest BCUT2D eigenvalue weighted by atomic mass is 35.5. The fourth-order valence-electron chi connectivity index (χ4n) is 8.26. The number of anilines is 4. The van der Waals surface area contributed by atoms with Crippen LogP contribution in [0.3, 0.4) is 0 Å². The van der Waals surface area contributed by atoms with Crippen LogP contribution in [0.25, 0.3) is 50.4 Å². The highest BCUT2D eigenvalue weighted by Crippen LogP contribution is 2.37. The zero-order valence-corrected chi connectivity index (χ0v) is 53.0. The maximum absolute atomic E-state index is 13.7. The number of hydrogen-bond donors (Lipinski definition) is 4. The van der Waals surface area contributed by atoms with E-state index < -0.39 is 49.3 Å². The lowest BCUT2D eigenvalue weighted by atomic mass is 10.2. The number of ether oxygens (including phenoxy) is 1. The van der Waals surface area contributed by atoms with E-state index in [2.05, 4.69) is 22.2 Å². The second-order valence-electron chi connectivity index (χ2n) is 19.7. The zero-order valence-electron chi connectivity index (χ0n) is 46.5. The van der Waals surface area contributed by atoms with Gasteiger partial charge in [0.05, 0.1) is 26.3 Å². The molecule has 0 saturated heterocycles. The van der Waals surface area contributed by atoms with Gasteiger partial charge in [-0.3, -0.25) is 14.3 Å². The van der Waals surface area contributed by atoms with E-state index in [1.807, 2.05) is 148 Å². The van der Waals surface area contributed by atoms with Gasteiger partial charge in [0.2, 0.25) is 0 Å². The Bertz CT molecular complexity index is 4540. The third-order valence-electron chi connectivity index (χ3n) is 12.1. The number of amides is 1. The summed E-state index contributed by atoms with van der Waals surface area (Å²) in [7, 11) is -7.40. The van der Waals surface area contributed by atoms with E-state index in [0.717, 1.165) is 62.5 Å². The van der Waals surface area contributed by atoms with Gasteiger partial charge in [0.15, 0.2) is 11.6 Å². The fourth-order valence-corrected chi connectivity index (χ4v) is 15.9. The summed E-state index contributed by atoms with van der Waals surface area (Å²) in [5.74, 6) is -2.83. The number of carboxylic acid groups (broad SMARTS) is 1. The van der Waals surface area contributed by atoms with Crippen molar-refractivity contribution in [2.45, 2.75) is 42.7 Å². The molecule has 0 atom stereocenters. The molecule has 12 nitrogen and oxygen atoms in total. The molecule has 13 rings (SSSR count). The third-order valence-corrected chi connectivity index (χ3v) is 20.8. The molecule has 0 radical (unpaired) electrons. The summed E-state index contributed by atoms with van der Waals surface area (Å²) in [5, 5.41) is 19.6. The number of carbonyl (C=O) groups excluding carboxylic acids is 1. The van der Waals surface area contributed by atoms with Gasteiger partial charge in [0.1, 0.15) is 20.5 Å². The molecule has 0 spiro atoms. The second kappa shape index (κ2) is 29.0. The van der Waals surface area contributed by atoms with Gasteiger partial charge in [-0.15, -0.1) is 69.1 Å². The standard InChI is InChI=1S/C21H15F2NO2S2.C14H11NO2S2.C13H15NO2S.C9H6O2S.C8H7NS.ClH/c22-18-11-10-15(12-19(18)23)14-24(28(25,26)17-7-2-1-3-8-17)21-13-16-6-4-5-9-20(16)27-21;16-19(17,12-7-2-1-3-8-12)15-14-10-11-6-4-5-9-13(11)18-14;1-13(2,3)16-12(15)14-11-8-9-6-4-5-7-10(9)17-11;10-9(11)8-5-6-3-1-2-4-7(6)12-8;9-8-5-6-3-1-2-4-7(6)10-8;/h1-13H,14H2;1-10,15H;4-8H,1-3H3,(H,14,15);1-5H,(H,10,11);1-5H,9H2;1H. The van der Waals surface area contributed by atoms with Crippen molar-refractivity contribution in [3.63, 3.8) is 0 Å². The number of rotatable bonds is 10. The third kappa shape index (κ3) is 17.5. The van der Waals surface area contributed by atoms with Gasteiger partial charge in [0.25, 0.3) is 20.0 Å².